The van der Waals surface area contributed by atoms with Crippen molar-refractivity contribution in [2.45, 2.75) is 13.1 Å². The van der Waals surface area contributed by atoms with Gasteiger partial charge < -0.3 is 19.9 Å². The van der Waals surface area contributed by atoms with Crippen LogP contribution >= 0.6 is 0 Å². The number of methoxy groups -OCH3 is 1. The minimum Gasteiger partial charge on any atom is -0.383 e. The molecule has 2 aromatic rings. The van der Waals surface area contributed by atoms with E-state index in [-0.39, 0.29) is 5.91 Å². The molecule has 108 valence electrons. The first-order chi connectivity index (χ1) is 9.74. The van der Waals surface area contributed by atoms with E-state index in [0.717, 1.165) is 17.4 Å². The Balaban J connectivity index is 2.05. The number of aromatic nitrogens is 1. The number of hydrogen-bond donors (Lipinski definition) is 2. The normalized spacial score (nSPS) is 10.9. The van der Waals surface area contributed by atoms with Gasteiger partial charge in [0.25, 0.3) is 0 Å². The van der Waals surface area contributed by atoms with Gasteiger partial charge in [-0.1, -0.05) is 6.07 Å². The zero-order valence-electron chi connectivity index (χ0n) is 12.0. The summed E-state index contributed by atoms with van der Waals surface area (Å²) in [5, 5.41) is 7.11. The first kappa shape index (κ1) is 14.6. The van der Waals surface area contributed by atoms with E-state index in [9.17, 15) is 4.79 Å². The lowest BCUT2D eigenvalue weighted by atomic mass is 10.1. The van der Waals surface area contributed by atoms with Crippen molar-refractivity contribution in [1.29, 1.82) is 0 Å². The smallest absolute Gasteiger partial charge is 0.240 e. The molecule has 1 heterocycles. The lowest BCUT2D eigenvalue weighted by Crippen LogP contribution is -2.30. The van der Waals surface area contributed by atoms with Crippen LogP contribution in [0.5, 0.6) is 0 Å². The highest BCUT2D eigenvalue weighted by molar-refractivity contribution is 5.83. The molecule has 0 aliphatic carbocycles. The number of fused-ring (bicyclic) bond motifs is 1. The fourth-order valence-electron chi connectivity index (χ4n) is 2.20. The van der Waals surface area contributed by atoms with Crippen LogP contribution in [0, 0.1) is 0 Å². The van der Waals surface area contributed by atoms with Gasteiger partial charge in [-0.2, -0.15) is 0 Å². The largest absolute Gasteiger partial charge is 0.383 e. The summed E-state index contributed by atoms with van der Waals surface area (Å²) >= 11 is 0. The summed E-state index contributed by atoms with van der Waals surface area (Å²) in [6.07, 6.45) is 1.95. The quantitative estimate of drug-likeness (QED) is 0.745. The van der Waals surface area contributed by atoms with E-state index < -0.39 is 0 Å². The third kappa shape index (κ3) is 3.59. The Labute approximate surface area is 118 Å². The van der Waals surface area contributed by atoms with Crippen LogP contribution in [0.25, 0.3) is 10.9 Å². The highest BCUT2D eigenvalue weighted by atomic mass is 16.5. The number of ether oxygens (including phenoxy) is 1. The molecule has 2 N–H and O–H groups in total. The molecule has 0 saturated carbocycles. The Morgan fingerprint density at radius 2 is 2.20 bits per heavy atom. The number of nitrogens with zero attached hydrogens (tertiary/aromatic N) is 1. The molecule has 5 nitrogen and oxygen atoms in total. The fourth-order valence-corrected chi connectivity index (χ4v) is 2.20. The van der Waals surface area contributed by atoms with E-state index >= 15 is 0 Å². The molecule has 0 saturated heterocycles. The van der Waals surface area contributed by atoms with Crippen molar-refractivity contribution in [3.8, 4) is 0 Å². The molecule has 1 amide bonds. The van der Waals surface area contributed by atoms with E-state index in [4.69, 9.17) is 4.74 Å². The molecule has 0 bridgehead atoms. The van der Waals surface area contributed by atoms with Gasteiger partial charge in [0.05, 0.1) is 6.61 Å². The molecule has 0 aliphatic heterocycles. The Kier molecular flexibility index (Phi) is 5.15. The van der Waals surface area contributed by atoms with Crippen molar-refractivity contribution in [1.82, 2.24) is 15.2 Å². The van der Waals surface area contributed by atoms with Gasteiger partial charge >= 0.3 is 0 Å². The van der Waals surface area contributed by atoms with Crippen LogP contribution in [-0.2, 0) is 22.6 Å². The zero-order chi connectivity index (χ0) is 14.4. The van der Waals surface area contributed by atoms with Gasteiger partial charge in [-0.15, -0.1) is 0 Å². The summed E-state index contributed by atoms with van der Waals surface area (Å²) < 4.78 is 6.87. The molecule has 1 aromatic heterocycles. The van der Waals surface area contributed by atoms with Gasteiger partial charge in [0, 0.05) is 31.9 Å². The first-order valence-electron chi connectivity index (χ1n) is 6.72. The van der Waals surface area contributed by atoms with Crippen LogP contribution in [0.3, 0.4) is 0 Å². The fraction of sp³-hybridized carbons (Fsp3) is 0.400. The van der Waals surface area contributed by atoms with Gasteiger partial charge in [0.1, 0.15) is 6.54 Å². The van der Waals surface area contributed by atoms with E-state index in [1.807, 2.05) is 23.9 Å². The minimum absolute atomic E-state index is 0.00106. The first-order valence-corrected chi connectivity index (χ1v) is 6.72. The maximum atomic E-state index is 11.8. The zero-order valence-corrected chi connectivity index (χ0v) is 12.0. The van der Waals surface area contributed by atoms with Crippen molar-refractivity contribution in [2.24, 2.45) is 0 Å². The number of carbonyl (C=O) groups is 1. The highest BCUT2D eigenvalue weighted by Gasteiger charge is 2.06. The molecule has 0 spiro atoms. The van der Waals surface area contributed by atoms with Gasteiger partial charge in [-0.3, -0.25) is 4.79 Å². The molecule has 0 atom stereocenters. The minimum atomic E-state index is -0.00106. The van der Waals surface area contributed by atoms with Gasteiger partial charge in [-0.05, 0) is 36.2 Å². The molecule has 5 heteroatoms. The number of amides is 1. The molecule has 0 unspecified atom stereocenters. The summed E-state index contributed by atoms with van der Waals surface area (Å²) in [6.45, 7) is 2.25. The van der Waals surface area contributed by atoms with Gasteiger partial charge in [-0.25, -0.2) is 0 Å². The molecule has 1 aromatic carbocycles. The van der Waals surface area contributed by atoms with Crippen LogP contribution < -0.4 is 10.6 Å². The average molecular weight is 275 g/mol. The molecular weight excluding hydrogens is 254 g/mol. The predicted octanol–water partition coefficient (Wildman–Crippen LogP) is 1.12. The maximum absolute atomic E-state index is 11.8. The van der Waals surface area contributed by atoms with Gasteiger partial charge in [0.2, 0.25) is 5.91 Å². The summed E-state index contributed by atoms with van der Waals surface area (Å²) in [5.74, 6) is -0.00106. The summed E-state index contributed by atoms with van der Waals surface area (Å²) in [6, 6.07) is 8.32. The third-order valence-corrected chi connectivity index (χ3v) is 3.16. The predicted molar refractivity (Wildman–Crippen MR) is 79.6 cm³/mol. The van der Waals surface area contributed by atoms with Gasteiger partial charge in [0.15, 0.2) is 0 Å². The Bertz CT molecular complexity index is 578. The van der Waals surface area contributed by atoms with Crippen molar-refractivity contribution >= 4 is 16.8 Å². The number of hydrogen-bond acceptors (Lipinski definition) is 3. The molecular formula is C15H21N3O2. The van der Waals surface area contributed by atoms with Crippen LogP contribution in [0.15, 0.2) is 30.5 Å². The van der Waals surface area contributed by atoms with E-state index in [0.29, 0.717) is 19.7 Å². The standard InChI is InChI=1S/C15H21N3O2/c1-16-10-12-3-4-14-13(9-12)5-7-18(14)11-15(19)17-6-8-20-2/h3-5,7,9,16H,6,8,10-11H2,1-2H3,(H,17,19). The topological polar surface area (TPSA) is 55.3 Å². The molecule has 0 radical (unpaired) electrons. The van der Waals surface area contributed by atoms with E-state index in [2.05, 4.69) is 28.8 Å². The monoisotopic (exact) mass is 275 g/mol. The maximum Gasteiger partial charge on any atom is 0.240 e. The number of carbonyl (C=O) groups excluding carboxylic acids is 1. The Morgan fingerprint density at radius 3 is 2.95 bits per heavy atom. The number of rotatable bonds is 7. The molecule has 0 fully saturated rings. The number of benzene rings is 1. The van der Waals surface area contributed by atoms with E-state index in [1.165, 1.54) is 5.56 Å². The molecule has 20 heavy (non-hydrogen) atoms. The summed E-state index contributed by atoms with van der Waals surface area (Å²) in [7, 11) is 3.55. The Morgan fingerprint density at radius 1 is 1.35 bits per heavy atom. The van der Waals surface area contributed by atoms with Crippen LogP contribution in [-0.4, -0.2) is 37.8 Å². The highest BCUT2D eigenvalue weighted by Crippen LogP contribution is 2.17. The lowest BCUT2D eigenvalue weighted by molar-refractivity contribution is -0.121. The second kappa shape index (κ2) is 7.07. The van der Waals surface area contributed by atoms with Crippen molar-refractivity contribution in [2.75, 3.05) is 27.3 Å². The van der Waals surface area contributed by atoms with Crippen LogP contribution in [0.4, 0.5) is 0 Å². The third-order valence-electron chi connectivity index (χ3n) is 3.16. The van der Waals surface area contributed by atoms with Crippen molar-refractivity contribution < 1.29 is 9.53 Å². The average Bonchev–Trinajstić information content (AvgIpc) is 2.82. The van der Waals surface area contributed by atoms with Crippen molar-refractivity contribution in [3.05, 3.63) is 36.0 Å². The van der Waals surface area contributed by atoms with Crippen LogP contribution in [0.2, 0.25) is 0 Å². The van der Waals surface area contributed by atoms with Crippen molar-refractivity contribution in [3.63, 3.8) is 0 Å². The Hall–Kier alpha value is -1.85. The summed E-state index contributed by atoms with van der Waals surface area (Å²) in [5.41, 5.74) is 2.31. The second-order valence-corrected chi connectivity index (χ2v) is 4.71. The molecule has 0 aliphatic rings. The lowest BCUT2D eigenvalue weighted by Gasteiger charge is -2.07. The second-order valence-electron chi connectivity index (χ2n) is 4.71. The summed E-state index contributed by atoms with van der Waals surface area (Å²) in [4.78, 5) is 11.8. The number of nitrogens with one attached hydrogen (secondary N) is 2. The SMILES string of the molecule is CNCc1ccc2c(ccn2CC(=O)NCCOC)c1. The van der Waals surface area contributed by atoms with E-state index in [1.54, 1.807) is 7.11 Å². The molecule has 2 rings (SSSR count). The van der Waals surface area contributed by atoms with Crippen LogP contribution in [0.1, 0.15) is 5.56 Å².